The van der Waals surface area contributed by atoms with Crippen LogP contribution in [-0.4, -0.2) is 18.0 Å². The average molecular weight is 291 g/mol. The third kappa shape index (κ3) is 3.40. The number of thiazole rings is 1. The summed E-state index contributed by atoms with van der Waals surface area (Å²) in [4.78, 5) is 4.02. The Kier molecular flexibility index (Phi) is 3.34. The number of halogens is 1. The molecule has 0 saturated carbocycles. The van der Waals surface area contributed by atoms with E-state index in [-0.39, 0.29) is 5.13 Å². The highest BCUT2D eigenvalue weighted by Crippen LogP contribution is 2.26. The molecule has 0 saturated heterocycles. The van der Waals surface area contributed by atoms with Gasteiger partial charge in [0.25, 0.3) is 0 Å². The summed E-state index contributed by atoms with van der Waals surface area (Å²) in [5, 5.41) is 2.40. The normalized spacial score (nSPS) is 11.4. The largest absolute Gasteiger partial charge is 0.359 e. The summed E-state index contributed by atoms with van der Waals surface area (Å²) in [6.45, 7) is 0. The molecule has 0 aliphatic heterocycles. The predicted octanol–water partition coefficient (Wildman–Crippen LogP) is 2.68. The van der Waals surface area contributed by atoms with Crippen LogP contribution in [0.4, 0.5) is 5.13 Å². The van der Waals surface area contributed by atoms with Gasteiger partial charge in [0.15, 0.2) is 5.13 Å². The van der Waals surface area contributed by atoms with Crippen molar-refractivity contribution in [2.24, 2.45) is 0 Å². The molecule has 2 N–H and O–H groups in total. The Morgan fingerprint density at radius 3 is 2.53 bits per heavy atom. The molecular formula is C9H7ClN2O3S2. The SMILES string of the molecule is O=S(=O)(O)Nc1nc(-c2ccc(Cl)cc2)cs1. The van der Waals surface area contributed by atoms with Gasteiger partial charge in [0.1, 0.15) is 0 Å². The zero-order chi connectivity index (χ0) is 12.5. The van der Waals surface area contributed by atoms with Gasteiger partial charge in [0.2, 0.25) is 0 Å². The van der Waals surface area contributed by atoms with Crippen LogP contribution in [0.5, 0.6) is 0 Å². The van der Waals surface area contributed by atoms with E-state index in [0.29, 0.717) is 10.7 Å². The van der Waals surface area contributed by atoms with E-state index < -0.39 is 10.3 Å². The number of aromatic nitrogens is 1. The lowest BCUT2D eigenvalue weighted by atomic mass is 10.2. The quantitative estimate of drug-likeness (QED) is 0.852. The monoisotopic (exact) mass is 290 g/mol. The molecule has 5 nitrogen and oxygen atoms in total. The molecule has 0 unspecified atom stereocenters. The molecule has 0 radical (unpaired) electrons. The van der Waals surface area contributed by atoms with Crippen LogP contribution in [0.25, 0.3) is 11.3 Å². The third-order valence-electron chi connectivity index (χ3n) is 1.86. The summed E-state index contributed by atoms with van der Waals surface area (Å²) in [5.74, 6) is 0. The van der Waals surface area contributed by atoms with Crippen LogP contribution in [0, 0.1) is 0 Å². The van der Waals surface area contributed by atoms with Crippen LogP contribution in [0.2, 0.25) is 5.02 Å². The molecule has 2 rings (SSSR count). The number of hydrogen-bond donors (Lipinski definition) is 2. The van der Waals surface area contributed by atoms with Crippen molar-refractivity contribution in [3.8, 4) is 11.3 Å². The molecule has 8 heteroatoms. The smallest absolute Gasteiger partial charge is 0.269 e. The number of anilines is 1. The number of nitrogens with one attached hydrogen (secondary N) is 1. The summed E-state index contributed by atoms with van der Waals surface area (Å²) >= 11 is 6.83. The lowest BCUT2D eigenvalue weighted by Gasteiger charge is -1.97. The Morgan fingerprint density at radius 1 is 1.29 bits per heavy atom. The summed E-state index contributed by atoms with van der Waals surface area (Å²) < 4.78 is 31.7. The minimum atomic E-state index is -4.28. The zero-order valence-corrected chi connectivity index (χ0v) is 10.7. The minimum Gasteiger partial charge on any atom is -0.269 e. The second kappa shape index (κ2) is 4.61. The minimum absolute atomic E-state index is 0.109. The van der Waals surface area contributed by atoms with Gasteiger partial charge in [-0.2, -0.15) is 8.42 Å². The van der Waals surface area contributed by atoms with Gasteiger partial charge in [-0.15, -0.1) is 11.3 Å². The van der Waals surface area contributed by atoms with Crippen molar-refractivity contribution in [1.82, 2.24) is 4.98 Å². The van der Waals surface area contributed by atoms with Gasteiger partial charge >= 0.3 is 10.3 Å². The van der Waals surface area contributed by atoms with E-state index in [1.165, 1.54) is 0 Å². The van der Waals surface area contributed by atoms with Gasteiger partial charge in [-0.05, 0) is 12.1 Å². The summed E-state index contributed by atoms with van der Waals surface area (Å²) in [6.07, 6.45) is 0. The lowest BCUT2D eigenvalue weighted by molar-refractivity contribution is 0.489. The summed E-state index contributed by atoms with van der Waals surface area (Å²) in [7, 11) is -4.28. The van der Waals surface area contributed by atoms with Crippen LogP contribution in [-0.2, 0) is 10.3 Å². The molecule has 0 aliphatic rings. The fraction of sp³-hybridized carbons (Fsp3) is 0. The Hall–Kier alpha value is -1.15. The van der Waals surface area contributed by atoms with Crippen LogP contribution in [0.15, 0.2) is 29.6 Å². The molecule has 1 heterocycles. The number of benzene rings is 1. The van der Waals surface area contributed by atoms with Gasteiger partial charge in [0, 0.05) is 16.0 Å². The Morgan fingerprint density at radius 2 is 1.94 bits per heavy atom. The van der Waals surface area contributed by atoms with Gasteiger partial charge < -0.3 is 0 Å². The van der Waals surface area contributed by atoms with Crippen molar-refractivity contribution in [3.63, 3.8) is 0 Å². The fourth-order valence-electron chi connectivity index (χ4n) is 1.18. The maximum atomic E-state index is 10.6. The predicted molar refractivity (Wildman–Crippen MR) is 67.7 cm³/mol. The summed E-state index contributed by atoms with van der Waals surface area (Å²) in [5.41, 5.74) is 1.42. The van der Waals surface area contributed by atoms with Crippen LogP contribution < -0.4 is 4.72 Å². The van der Waals surface area contributed by atoms with E-state index in [1.54, 1.807) is 29.6 Å². The standard InChI is InChI=1S/C9H7ClN2O3S2/c10-7-3-1-6(2-4-7)8-5-16-9(11-8)12-17(13,14)15/h1-5H,(H,11,12)(H,13,14,15). The van der Waals surface area contributed by atoms with Gasteiger partial charge in [-0.3, -0.25) is 4.55 Å². The Labute approximate surface area is 107 Å². The second-order valence-electron chi connectivity index (χ2n) is 3.12. The van der Waals surface area contributed by atoms with E-state index in [9.17, 15) is 8.42 Å². The molecule has 0 spiro atoms. The molecule has 0 bridgehead atoms. The Balaban J connectivity index is 2.27. The van der Waals surface area contributed by atoms with Crippen molar-refractivity contribution in [3.05, 3.63) is 34.7 Å². The van der Waals surface area contributed by atoms with Crippen molar-refractivity contribution < 1.29 is 13.0 Å². The third-order valence-corrected chi connectivity index (χ3v) is 3.45. The number of nitrogens with zero attached hydrogens (tertiary/aromatic N) is 1. The van der Waals surface area contributed by atoms with Crippen LogP contribution in [0.3, 0.4) is 0 Å². The van der Waals surface area contributed by atoms with Gasteiger partial charge in [-0.25, -0.2) is 9.71 Å². The highest BCUT2D eigenvalue weighted by atomic mass is 35.5. The molecule has 1 aromatic carbocycles. The molecule has 0 aliphatic carbocycles. The molecule has 90 valence electrons. The summed E-state index contributed by atoms with van der Waals surface area (Å²) in [6, 6.07) is 6.97. The average Bonchev–Trinajstić information content (AvgIpc) is 2.64. The zero-order valence-electron chi connectivity index (χ0n) is 8.29. The van der Waals surface area contributed by atoms with E-state index in [0.717, 1.165) is 16.9 Å². The molecular weight excluding hydrogens is 284 g/mol. The van der Waals surface area contributed by atoms with Crippen molar-refractivity contribution in [2.45, 2.75) is 0 Å². The molecule has 2 aromatic rings. The van der Waals surface area contributed by atoms with Crippen LogP contribution >= 0.6 is 22.9 Å². The Bertz CT molecular complexity index is 622. The maximum Gasteiger partial charge on any atom is 0.359 e. The van der Waals surface area contributed by atoms with E-state index in [2.05, 4.69) is 4.98 Å². The first-order valence-corrected chi connectivity index (χ1v) is 7.10. The first-order chi connectivity index (χ1) is 7.94. The van der Waals surface area contributed by atoms with Crippen molar-refractivity contribution in [1.29, 1.82) is 0 Å². The number of hydrogen-bond acceptors (Lipinski definition) is 4. The lowest BCUT2D eigenvalue weighted by Crippen LogP contribution is -2.09. The fourth-order valence-corrected chi connectivity index (χ4v) is 2.65. The van der Waals surface area contributed by atoms with E-state index in [4.69, 9.17) is 16.2 Å². The molecule has 0 atom stereocenters. The van der Waals surface area contributed by atoms with Crippen molar-refractivity contribution in [2.75, 3.05) is 4.72 Å². The highest BCUT2D eigenvalue weighted by Gasteiger charge is 2.09. The van der Waals surface area contributed by atoms with Gasteiger partial charge in [-0.1, -0.05) is 23.7 Å². The molecule has 0 fully saturated rings. The van der Waals surface area contributed by atoms with E-state index >= 15 is 0 Å². The highest BCUT2D eigenvalue weighted by molar-refractivity contribution is 7.87. The van der Waals surface area contributed by atoms with Crippen LogP contribution in [0.1, 0.15) is 0 Å². The second-order valence-corrected chi connectivity index (χ2v) is 5.57. The molecule has 17 heavy (non-hydrogen) atoms. The first kappa shape index (κ1) is 12.3. The topological polar surface area (TPSA) is 79.3 Å². The maximum absolute atomic E-state index is 10.6. The molecule has 0 amide bonds. The molecule has 1 aromatic heterocycles. The van der Waals surface area contributed by atoms with E-state index in [1.807, 2.05) is 4.72 Å². The number of rotatable bonds is 3. The van der Waals surface area contributed by atoms with Gasteiger partial charge in [0.05, 0.1) is 5.69 Å². The first-order valence-electron chi connectivity index (χ1n) is 4.41. The van der Waals surface area contributed by atoms with Crippen molar-refractivity contribution >= 4 is 38.4 Å².